The monoisotopic (exact) mass is 328 g/mol. The lowest BCUT2D eigenvalue weighted by Gasteiger charge is -2.55. The van der Waals surface area contributed by atoms with Crippen LogP contribution >= 0.6 is 0 Å². The van der Waals surface area contributed by atoms with Crippen molar-refractivity contribution < 1.29 is 18.7 Å². The maximum absolute atomic E-state index is 16.1. The molecule has 1 aromatic rings. The molecule has 0 radical (unpaired) electrons. The fraction of sp³-hybridized carbons (Fsp3) is 0.444. The zero-order valence-corrected chi connectivity index (χ0v) is 12.9. The summed E-state index contributed by atoms with van der Waals surface area (Å²) in [5.41, 5.74) is -0.331. The van der Waals surface area contributed by atoms with Crippen LogP contribution in [0.4, 0.5) is 9.18 Å². The highest BCUT2D eigenvalue weighted by molar-refractivity contribution is 6.04. The normalized spacial score (nSPS) is 39.6. The average Bonchev–Trinajstić information content (AvgIpc) is 3.11. The van der Waals surface area contributed by atoms with Crippen molar-refractivity contribution >= 4 is 11.9 Å². The second kappa shape index (κ2) is 4.66. The van der Waals surface area contributed by atoms with Crippen LogP contribution < -0.4 is 5.32 Å². The third kappa shape index (κ3) is 1.57. The molecule has 3 aliphatic carbocycles. The number of nitrogens with zero attached hydrogens (tertiary/aromatic N) is 1. The van der Waals surface area contributed by atoms with Gasteiger partial charge in [0.05, 0.1) is 6.04 Å². The lowest BCUT2D eigenvalue weighted by Crippen LogP contribution is -2.74. The van der Waals surface area contributed by atoms with Gasteiger partial charge in [0.1, 0.15) is 6.23 Å². The molecule has 2 heterocycles. The summed E-state index contributed by atoms with van der Waals surface area (Å²) in [6.07, 6.45) is 4.72. The molecule has 1 aromatic carbocycles. The largest absolute Gasteiger partial charge is 0.358 e. The predicted octanol–water partition coefficient (Wildman–Crippen LogP) is 2.20. The molecule has 6 heteroatoms. The Bertz CT molecular complexity index is 773. The van der Waals surface area contributed by atoms with E-state index >= 15 is 4.39 Å². The van der Waals surface area contributed by atoms with Gasteiger partial charge >= 0.3 is 6.03 Å². The summed E-state index contributed by atoms with van der Waals surface area (Å²) < 4.78 is 21.8. The SMILES string of the molecule is O=C1NC(=O)[C@@]2(F)[C@@H]3C=C[C@@H](c4ccccc43)[C@H]2N1[C@H]1CCCO1. The number of alkyl halides is 1. The molecule has 5 aliphatic rings. The van der Waals surface area contributed by atoms with Crippen molar-refractivity contribution in [2.75, 3.05) is 6.61 Å². The van der Waals surface area contributed by atoms with E-state index in [1.54, 1.807) is 6.08 Å². The second-order valence-electron chi connectivity index (χ2n) is 6.86. The lowest BCUT2D eigenvalue weighted by molar-refractivity contribution is -0.150. The number of nitrogens with one attached hydrogen (secondary N) is 1. The predicted molar refractivity (Wildman–Crippen MR) is 83.0 cm³/mol. The number of halogens is 1. The molecule has 2 saturated heterocycles. The third-order valence-corrected chi connectivity index (χ3v) is 5.74. The number of rotatable bonds is 1. The number of ether oxygens (including phenoxy) is 1. The van der Waals surface area contributed by atoms with Crippen molar-refractivity contribution in [3.8, 4) is 0 Å². The fourth-order valence-electron chi connectivity index (χ4n) is 4.75. The van der Waals surface area contributed by atoms with Gasteiger partial charge in [-0.3, -0.25) is 15.0 Å². The first-order chi connectivity index (χ1) is 11.6. The number of carbonyl (C=O) groups is 2. The Morgan fingerprint density at radius 1 is 1.21 bits per heavy atom. The number of urea groups is 1. The Morgan fingerprint density at radius 2 is 2.00 bits per heavy atom. The quantitative estimate of drug-likeness (QED) is 0.804. The Morgan fingerprint density at radius 3 is 2.75 bits per heavy atom. The summed E-state index contributed by atoms with van der Waals surface area (Å²) in [7, 11) is 0. The Kier molecular flexibility index (Phi) is 2.75. The molecule has 6 rings (SSSR count). The van der Waals surface area contributed by atoms with Gasteiger partial charge in [-0.05, 0) is 24.0 Å². The number of hydrogen-bond acceptors (Lipinski definition) is 3. The maximum Gasteiger partial charge on any atom is 0.326 e. The molecule has 5 atom stereocenters. The lowest BCUT2D eigenvalue weighted by atomic mass is 9.59. The summed E-state index contributed by atoms with van der Waals surface area (Å²) in [5, 5.41) is 2.22. The number of benzene rings is 1. The molecule has 2 aliphatic heterocycles. The first-order valence-electron chi connectivity index (χ1n) is 8.34. The zero-order valence-electron chi connectivity index (χ0n) is 12.9. The van der Waals surface area contributed by atoms with Gasteiger partial charge in [-0.2, -0.15) is 0 Å². The highest BCUT2D eigenvalue weighted by atomic mass is 19.1. The summed E-state index contributed by atoms with van der Waals surface area (Å²) in [5.74, 6) is -1.85. The number of allylic oxidation sites excluding steroid dienone is 1. The molecule has 1 N–H and O–H groups in total. The highest BCUT2D eigenvalue weighted by Gasteiger charge is 2.66. The molecule has 0 saturated carbocycles. The zero-order chi connectivity index (χ0) is 16.5. The van der Waals surface area contributed by atoms with E-state index in [0.29, 0.717) is 13.0 Å². The van der Waals surface area contributed by atoms with Gasteiger partial charge in [-0.1, -0.05) is 36.4 Å². The number of carbonyl (C=O) groups excluding carboxylic acids is 2. The van der Waals surface area contributed by atoms with Crippen molar-refractivity contribution in [3.05, 3.63) is 47.5 Å². The van der Waals surface area contributed by atoms with E-state index in [1.165, 1.54) is 4.90 Å². The molecule has 2 fully saturated rings. The summed E-state index contributed by atoms with van der Waals surface area (Å²) >= 11 is 0. The van der Waals surface area contributed by atoms with Gasteiger partial charge in [0.15, 0.2) is 0 Å². The van der Waals surface area contributed by atoms with Crippen LogP contribution in [-0.4, -0.2) is 41.4 Å². The summed E-state index contributed by atoms with van der Waals surface area (Å²) in [6.45, 7) is 0.551. The van der Waals surface area contributed by atoms with Crippen LogP contribution in [-0.2, 0) is 9.53 Å². The molecular formula is C18H17FN2O3. The van der Waals surface area contributed by atoms with Crippen LogP contribution in [0, 0.1) is 0 Å². The van der Waals surface area contributed by atoms with Gasteiger partial charge in [0.25, 0.3) is 5.91 Å². The maximum atomic E-state index is 16.1. The topological polar surface area (TPSA) is 58.6 Å². The van der Waals surface area contributed by atoms with Crippen LogP contribution in [0.2, 0.25) is 0 Å². The second-order valence-corrected chi connectivity index (χ2v) is 6.86. The van der Waals surface area contributed by atoms with E-state index in [-0.39, 0.29) is 5.92 Å². The van der Waals surface area contributed by atoms with Gasteiger partial charge in [0.2, 0.25) is 5.67 Å². The molecule has 24 heavy (non-hydrogen) atoms. The number of amides is 3. The molecule has 3 amide bonds. The molecule has 0 aromatic heterocycles. The van der Waals surface area contributed by atoms with E-state index in [1.807, 2.05) is 30.3 Å². The van der Waals surface area contributed by atoms with E-state index in [9.17, 15) is 9.59 Å². The fourth-order valence-corrected chi connectivity index (χ4v) is 4.75. The summed E-state index contributed by atoms with van der Waals surface area (Å²) in [4.78, 5) is 26.4. The van der Waals surface area contributed by atoms with Crippen molar-refractivity contribution in [1.29, 1.82) is 0 Å². The molecule has 2 bridgehead atoms. The number of hydrogen-bond donors (Lipinski definition) is 1. The summed E-state index contributed by atoms with van der Waals surface area (Å²) in [6, 6.07) is 6.19. The minimum atomic E-state index is -2.16. The van der Waals surface area contributed by atoms with E-state index in [2.05, 4.69) is 5.32 Å². The molecular weight excluding hydrogens is 311 g/mol. The molecule has 0 spiro atoms. The van der Waals surface area contributed by atoms with Crippen LogP contribution in [0.3, 0.4) is 0 Å². The van der Waals surface area contributed by atoms with Crippen molar-refractivity contribution in [2.24, 2.45) is 0 Å². The minimum absolute atomic E-state index is 0.338. The Labute approximate surface area is 138 Å². The van der Waals surface area contributed by atoms with Gasteiger partial charge in [-0.15, -0.1) is 0 Å². The number of imide groups is 1. The van der Waals surface area contributed by atoms with Crippen LogP contribution in [0.15, 0.2) is 36.4 Å². The van der Waals surface area contributed by atoms with Crippen LogP contribution in [0.1, 0.15) is 35.8 Å². The van der Waals surface area contributed by atoms with Gasteiger partial charge < -0.3 is 4.74 Å². The molecule has 0 unspecified atom stereocenters. The van der Waals surface area contributed by atoms with Gasteiger partial charge in [0, 0.05) is 18.4 Å². The Hall–Kier alpha value is -2.21. The Balaban J connectivity index is 1.70. The van der Waals surface area contributed by atoms with E-state index in [0.717, 1.165) is 17.5 Å². The minimum Gasteiger partial charge on any atom is -0.358 e. The molecule has 124 valence electrons. The molecule has 5 nitrogen and oxygen atoms in total. The van der Waals surface area contributed by atoms with Crippen molar-refractivity contribution in [1.82, 2.24) is 10.2 Å². The van der Waals surface area contributed by atoms with Crippen LogP contribution in [0.25, 0.3) is 0 Å². The van der Waals surface area contributed by atoms with Crippen molar-refractivity contribution in [3.63, 3.8) is 0 Å². The highest BCUT2D eigenvalue weighted by Crippen LogP contribution is 2.56. The standard InChI is InChI=1S/C18H17FN2O3/c19-18-13-8-7-12(10-4-1-2-5-11(10)13)15(18)21(14-6-3-9-24-14)17(23)20-16(18)22/h1-2,4-5,7-8,12-15H,3,6,9H2,(H,20,22,23)/t12-,13+,14+,15+,18+/m0/s1. The smallest absolute Gasteiger partial charge is 0.326 e. The average molecular weight is 328 g/mol. The van der Waals surface area contributed by atoms with Crippen molar-refractivity contribution in [2.45, 2.75) is 42.6 Å². The van der Waals surface area contributed by atoms with Crippen LogP contribution in [0.5, 0.6) is 0 Å². The third-order valence-electron chi connectivity index (χ3n) is 5.74. The first-order valence-corrected chi connectivity index (χ1v) is 8.34. The van der Waals surface area contributed by atoms with Gasteiger partial charge in [-0.25, -0.2) is 9.18 Å². The van der Waals surface area contributed by atoms with E-state index in [4.69, 9.17) is 4.74 Å². The first kappa shape index (κ1) is 14.2. The van der Waals surface area contributed by atoms with E-state index < -0.39 is 35.8 Å².